The minimum atomic E-state index is -0.630. The van der Waals surface area contributed by atoms with Crippen molar-refractivity contribution >= 4 is 5.91 Å². The number of rotatable bonds is 1. The highest BCUT2D eigenvalue weighted by atomic mass is 16.6. The maximum absolute atomic E-state index is 10.4. The van der Waals surface area contributed by atoms with Crippen LogP contribution in [0.5, 0.6) is 0 Å². The van der Waals surface area contributed by atoms with Crippen molar-refractivity contribution in [2.75, 3.05) is 6.54 Å². The Kier molecular flexibility index (Phi) is 1.45. The van der Waals surface area contributed by atoms with Crippen LogP contribution >= 0.6 is 0 Å². The molecular formula is C4H6N2O2. The highest BCUT2D eigenvalue weighted by Gasteiger charge is 2.24. The van der Waals surface area contributed by atoms with Gasteiger partial charge in [0.05, 0.1) is 0 Å². The van der Waals surface area contributed by atoms with Crippen molar-refractivity contribution in [3.8, 4) is 0 Å². The zero-order valence-electron chi connectivity index (χ0n) is 4.26. The number of carbonyl (C=O) groups is 1. The SMILES string of the molecule is [N]OC1CCNC1=O. The van der Waals surface area contributed by atoms with Gasteiger partial charge in [0.25, 0.3) is 5.91 Å². The van der Waals surface area contributed by atoms with E-state index in [4.69, 9.17) is 5.90 Å². The van der Waals surface area contributed by atoms with Gasteiger partial charge < -0.3 is 5.32 Å². The van der Waals surface area contributed by atoms with Gasteiger partial charge in [0.2, 0.25) is 0 Å². The van der Waals surface area contributed by atoms with E-state index in [9.17, 15) is 4.79 Å². The second-order valence-electron chi connectivity index (χ2n) is 1.67. The van der Waals surface area contributed by atoms with E-state index in [1.807, 2.05) is 0 Å². The summed E-state index contributed by atoms with van der Waals surface area (Å²) in [6.45, 7) is 0.601. The smallest absolute Gasteiger partial charge is 0.251 e. The van der Waals surface area contributed by atoms with Crippen molar-refractivity contribution in [2.45, 2.75) is 12.5 Å². The molecule has 1 heterocycles. The number of carbonyl (C=O) groups excluding carboxylic acids is 1. The third-order valence-electron chi connectivity index (χ3n) is 1.13. The maximum atomic E-state index is 10.4. The molecule has 1 aliphatic heterocycles. The largest absolute Gasteiger partial charge is 0.354 e. The van der Waals surface area contributed by atoms with E-state index in [2.05, 4.69) is 10.2 Å². The summed E-state index contributed by atoms with van der Waals surface area (Å²) in [4.78, 5) is 14.2. The molecule has 0 spiro atoms. The second kappa shape index (κ2) is 2.11. The van der Waals surface area contributed by atoms with Crippen LogP contribution in [0.3, 0.4) is 0 Å². The Morgan fingerprint density at radius 3 is 2.88 bits per heavy atom. The van der Waals surface area contributed by atoms with Crippen LogP contribution in [0.2, 0.25) is 0 Å². The number of hydrogen-bond acceptors (Lipinski definition) is 2. The van der Waals surface area contributed by atoms with Crippen LogP contribution in [0, 0.1) is 0 Å². The van der Waals surface area contributed by atoms with Crippen molar-refractivity contribution < 1.29 is 9.63 Å². The molecule has 0 aromatic heterocycles. The van der Waals surface area contributed by atoms with Crippen LogP contribution < -0.4 is 11.2 Å². The molecule has 1 saturated heterocycles. The van der Waals surface area contributed by atoms with Crippen LogP contribution in [0.1, 0.15) is 6.42 Å². The number of nitrogens with one attached hydrogen (secondary N) is 1. The minimum Gasteiger partial charge on any atom is -0.354 e. The van der Waals surface area contributed by atoms with Crippen LogP contribution in [0.25, 0.3) is 0 Å². The van der Waals surface area contributed by atoms with Gasteiger partial charge in [-0.3, -0.25) is 9.63 Å². The first kappa shape index (κ1) is 5.53. The standard InChI is InChI=1S/C4H6N2O2/c5-8-3-1-2-6-4(3)7/h3H,1-2H2,(H,6,7). The number of nitrogens with zero attached hydrogens (tertiary/aromatic N) is 1. The topological polar surface area (TPSA) is 60.6 Å². The molecule has 1 aliphatic rings. The Hall–Kier alpha value is -0.610. The average molecular weight is 114 g/mol. The van der Waals surface area contributed by atoms with Crippen molar-refractivity contribution in [1.29, 1.82) is 0 Å². The molecule has 1 unspecified atom stereocenters. The first-order valence-electron chi connectivity index (χ1n) is 2.42. The molecule has 1 fully saturated rings. The van der Waals surface area contributed by atoms with Crippen molar-refractivity contribution in [1.82, 2.24) is 11.2 Å². The van der Waals surface area contributed by atoms with Gasteiger partial charge in [0.1, 0.15) is 0 Å². The van der Waals surface area contributed by atoms with Crippen molar-refractivity contribution in [3.05, 3.63) is 0 Å². The zero-order valence-corrected chi connectivity index (χ0v) is 4.26. The predicted octanol–water partition coefficient (Wildman–Crippen LogP) is -1.12. The third-order valence-corrected chi connectivity index (χ3v) is 1.13. The van der Waals surface area contributed by atoms with Gasteiger partial charge in [0.15, 0.2) is 6.10 Å². The lowest BCUT2D eigenvalue weighted by molar-refractivity contribution is -0.130. The summed E-state index contributed by atoms with van der Waals surface area (Å²) < 4.78 is 0. The maximum Gasteiger partial charge on any atom is 0.251 e. The Bertz CT molecular complexity index is 104. The molecule has 1 atom stereocenters. The van der Waals surface area contributed by atoms with Crippen LogP contribution in [0.4, 0.5) is 0 Å². The summed E-state index contributed by atoms with van der Waals surface area (Å²) in [6.07, 6.45) is -0.0648. The summed E-state index contributed by atoms with van der Waals surface area (Å²) in [5.41, 5.74) is 0. The lowest BCUT2D eigenvalue weighted by Gasteiger charge is -1.96. The molecule has 2 radical (unpaired) electrons. The summed E-state index contributed by atoms with van der Waals surface area (Å²) in [5, 5.41) is 2.50. The normalized spacial score (nSPS) is 28.1. The third kappa shape index (κ3) is 0.801. The van der Waals surface area contributed by atoms with Gasteiger partial charge in [-0.1, -0.05) is 0 Å². The number of amides is 1. The molecule has 0 bridgehead atoms. The van der Waals surface area contributed by atoms with E-state index in [0.717, 1.165) is 0 Å². The van der Waals surface area contributed by atoms with E-state index in [-0.39, 0.29) is 5.91 Å². The van der Waals surface area contributed by atoms with E-state index in [1.165, 1.54) is 0 Å². The van der Waals surface area contributed by atoms with Gasteiger partial charge in [-0.05, 0) is 0 Å². The quantitative estimate of drug-likeness (QED) is 0.439. The lowest BCUT2D eigenvalue weighted by Crippen LogP contribution is -2.24. The van der Waals surface area contributed by atoms with Gasteiger partial charge in [0, 0.05) is 18.9 Å². The number of hydrogen-bond donors (Lipinski definition) is 1. The van der Waals surface area contributed by atoms with Gasteiger partial charge in [-0.25, -0.2) is 0 Å². The lowest BCUT2D eigenvalue weighted by atomic mass is 10.3. The molecule has 44 valence electrons. The summed E-state index contributed by atoms with van der Waals surface area (Å²) in [5.74, 6) is 7.75. The molecule has 1 N–H and O–H groups in total. The molecule has 0 saturated carbocycles. The monoisotopic (exact) mass is 114 g/mol. The van der Waals surface area contributed by atoms with Crippen LogP contribution in [0.15, 0.2) is 0 Å². The predicted molar refractivity (Wildman–Crippen MR) is 24.6 cm³/mol. The van der Waals surface area contributed by atoms with Gasteiger partial charge >= 0.3 is 0 Å². The molecule has 4 heteroatoms. The highest BCUT2D eigenvalue weighted by Crippen LogP contribution is 2.00. The van der Waals surface area contributed by atoms with Crippen molar-refractivity contribution in [2.24, 2.45) is 0 Å². The Morgan fingerprint density at radius 1 is 1.88 bits per heavy atom. The second-order valence-corrected chi connectivity index (χ2v) is 1.67. The molecule has 1 rings (SSSR count). The fourth-order valence-electron chi connectivity index (χ4n) is 0.672. The molecule has 1 amide bonds. The zero-order chi connectivity index (χ0) is 5.98. The highest BCUT2D eigenvalue weighted by molar-refractivity contribution is 5.82. The Labute approximate surface area is 46.9 Å². The molecule has 0 aromatic rings. The first-order chi connectivity index (χ1) is 3.84. The minimum absolute atomic E-state index is 0.229. The average Bonchev–Trinajstić information content (AvgIpc) is 2.14. The fourth-order valence-corrected chi connectivity index (χ4v) is 0.672. The molecule has 8 heavy (non-hydrogen) atoms. The van der Waals surface area contributed by atoms with E-state index in [0.29, 0.717) is 13.0 Å². The Balaban J connectivity index is 2.42. The molecule has 0 aliphatic carbocycles. The molecule has 0 aromatic carbocycles. The fraction of sp³-hybridized carbons (Fsp3) is 0.750. The molecule has 4 nitrogen and oxygen atoms in total. The molecular weight excluding hydrogens is 108 g/mol. The van der Waals surface area contributed by atoms with E-state index in [1.54, 1.807) is 0 Å². The summed E-state index contributed by atoms with van der Waals surface area (Å²) in [6, 6.07) is 0. The Morgan fingerprint density at radius 2 is 2.62 bits per heavy atom. The van der Waals surface area contributed by atoms with E-state index < -0.39 is 6.10 Å². The van der Waals surface area contributed by atoms with Crippen LogP contribution in [-0.4, -0.2) is 18.6 Å². The van der Waals surface area contributed by atoms with Crippen LogP contribution in [-0.2, 0) is 9.63 Å². The van der Waals surface area contributed by atoms with Gasteiger partial charge in [-0.2, -0.15) is 0 Å². The van der Waals surface area contributed by atoms with Gasteiger partial charge in [-0.15, -0.1) is 0 Å². The van der Waals surface area contributed by atoms with E-state index >= 15 is 0 Å². The summed E-state index contributed by atoms with van der Waals surface area (Å²) >= 11 is 0. The summed E-state index contributed by atoms with van der Waals surface area (Å²) in [7, 11) is 0. The van der Waals surface area contributed by atoms with Crippen molar-refractivity contribution in [3.63, 3.8) is 0 Å². The first-order valence-corrected chi connectivity index (χ1v) is 2.42.